The monoisotopic (exact) mass is 326 g/mol. The van der Waals surface area contributed by atoms with Crippen molar-refractivity contribution in [1.82, 2.24) is 4.57 Å². The third-order valence-corrected chi connectivity index (χ3v) is 3.47. The quantitative estimate of drug-likeness (QED) is 0.848. The summed E-state index contributed by atoms with van der Waals surface area (Å²) in [4.78, 5) is 0. The maximum Gasteiger partial charge on any atom is 0.0478 e. The van der Waals surface area contributed by atoms with E-state index in [2.05, 4.69) is 82.1 Å². The van der Waals surface area contributed by atoms with E-state index in [0.717, 1.165) is 13.1 Å². The minimum atomic E-state index is 0.882. The van der Waals surface area contributed by atoms with Gasteiger partial charge in [0.25, 0.3) is 0 Å². The lowest BCUT2D eigenvalue weighted by atomic mass is 10.3. The molecule has 0 radical (unpaired) electrons. The van der Waals surface area contributed by atoms with Crippen molar-refractivity contribution in [1.29, 1.82) is 0 Å². The molecule has 1 aromatic carbocycles. The minimum Gasteiger partial charge on any atom is -0.380 e. The lowest BCUT2D eigenvalue weighted by Gasteiger charge is -2.06. The summed E-state index contributed by atoms with van der Waals surface area (Å²) in [5.41, 5.74) is 2.52. The minimum absolute atomic E-state index is 0.882. The van der Waals surface area contributed by atoms with Crippen LogP contribution in [0.3, 0.4) is 0 Å². The van der Waals surface area contributed by atoms with Crippen molar-refractivity contribution in [3.8, 4) is 0 Å². The number of nitrogens with zero attached hydrogens (tertiary/aromatic N) is 1. The summed E-state index contributed by atoms with van der Waals surface area (Å²) in [6, 6.07) is 10.5. The maximum atomic E-state index is 3.45. The Morgan fingerprint density at radius 3 is 2.75 bits per heavy atom. The molecule has 0 unspecified atom stereocenters. The van der Waals surface area contributed by atoms with Gasteiger partial charge in [0.05, 0.1) is 0 Å². The third-order valence-electron chi connectivity index (χ3n) is 2.53. The SMILES string of the molecule is CCn1ccc(CNc2ccccc2I)c1. The van der Waals surface area contributed by atoms with Gasteiger partial charge in [-0.15, -0.1) is 0 Å². The molecule has 0 atom stereocenters. The van der Waals surface area contributed by atoms with Gasteiger partial charge in [-0.3, -0.25) is 0 Å². The standard InChI is InChI=1S/C13H15IN2/c1-2-16-8-7-11(10-16)9-15-13-6-4-3-5-12(13)14/h3-8,10,15H,2,9H2,1H3. The Hall–Kier alpha value is -0.970. The Morgan fingerprint density at radius 2 is 2.06 bits per heavy atom. The van der Waals surface area contributed by atoms with E-state index in [9.17, 15) is 0 Å². The molecule has 1 N–H and O–H groups in total. The van der Waals surface area contributed by atoms with Gasteiger partial charge in [-0.05, 0) is 53.3 Å². The lowest BCUT2D eigenvalue weighted by molar-refractivity contribution is 0.766. The number of halogens is 1. The first-order valence-electron chi connectivity index (χ1n) is 5.42. The van der Waals surface area contributed by atoms with E-state index in [-0.39, 0.29) is 0 Å². The van der Waals surface area contributed by atoms with Gasteiger partial charge >= 0.3 is 0 Å². The summed E-state index contributed by atoms with van der Waals surface area (Å²) in [7, 11) is 0. The van der Waals surface area contributed by atoms with E-state index < -0.39 is 0 Å². The number of rotatable bonds is 4. The smallest absolute Gasteiger partial charge is 0.0478 e. The first-order chi connectivity index (χ1) is 7.79. The molecule has 0 aliphatic heterocycles. The van der Waals surface area contributed by atoms with E-state index in [4.69, 9.17) is 0 Å². The van der Waals surface area contributed by atoms with Gasteiger partial charge < -0.3 is 9.88 Å². The zero-order chi connectivity index (χ0) is 11.4. The van der Waals surface area contributed by atoms with E-state index in [1.807, 2.05) is 0 Å². The Balaban J connectivity index is 1.99. The van der Waals surface area contributed by atoms with Crippen LogP contribution in [0.1, 0.15) is 12.5 Å². The molecule has 2 aromatic rings. The molecule has 16 heavy (non-hydrogen) atoms. The number of para-hydroxylation sites is 1. The molecule has 3 heteroatoms. The van der Waals surface area contributed by atoms with Crippen LogP contribution in [0.25, 0.3) is 0 Å². The molecule has 1 aromatic heterocycles. The molecule has 0 aliphatic rings. The van der Waals surface area contributed by atoms with Gasteiger partial charge in [0.15, 0.2) is 0 Å². The highest BCUT2D eigenvalue weighted by Crippen LogP contribution is 2.17. The van der Waals surface area contributed by atoms with Crippen molar-refractivity contribution >= 4 is 28.3 Å². The second-order valence-corrected chi connectivity index (χ2v) is 4.85. The fourth-order valence-corrected chi connectivity index (χ4v) is 2.17. The largest absolute Gasteiger partial charge is 0.380 e. The fourth-order valence-electron chi connectivity index (χ4n) is 1.59. The third kappa shape index (κ3) is 2.78. The molecule has 0 aliphatic carbocycles. The van der Waals surface area contributed by atoms with Crippen LogP contribution in [-0.2, 0) is 13.1 Å². The molecule has 0 bridgehead atoms. The van der Waals surface area contributed by atoms with Crippen LogP contribution in [0.15, 0.2) is 42.7 Å². The summed E-state index contributed by atoms with van der Waals surface area (Å²) in [5, 5.41) is 3.45. The summed E-state index contributed by atoms with van der Waals surface area (Å²) in [5.74, 6) is 0. The first-order valence-corrected chi connectivity index (χ1v) is 6.50. The Labute approximate surface area is 110 Å². The van der Waals surface area contributed by atoms with Crippen molar-refractivity contribution in [2.45, 2.75) is 20.0 Å². The number of nitrogens with one attached hydrogen (secondary N) is 1. The van der Waals surface area contributed by atoms with Gasteiger partial charge in [0.2, 0.25) is 0 Å². The van der Waals surface area contributed by atoms with Crippen molar-refractivity contribution < 1.29 is 0 Å². The van der Waals surface area contributed by atoms with Crippen LogP contribution in [0.4, 0.5) is 5.69 Å². The second-order valence-electron chi connectivity index (χ2n) is 3.68. The summed E-state index contributed by atoms with van der Waals surface area (Å²) < 4.78 is 3.45. The van der Waals surface area contributed by atoms with Crippen LogP contribution >= 0.6 is 22.6 Å². The Bertz CT molecular complexity index is 462. The van der Waals surface area contributed by atoms with Crippen molar-refractivity contribution in [3.05, 3.63) is 51.9 Å². The Morgan fingerprint density at radius 1 is 1.25 bits per heavy atom. The van der Waals surface area contributed by atoms with Crippen LogP contribution in [0, 0.1) is 3.57 Å². The predicted molar refractivity (Wildman–Crippen MR) is 76.6 cm³/mol. The van der Waals surface area contributed by atoms with Gasteiger partial charge in [-0.2, -0.15) is 0 Å². The van der Waals surface area contributed by atoms with Crippen molar-refractivity contribution in [2.24, 2.45) is 0 Å². The van der Waals surface area contributed by atoms with Crippen LogP contribution in [0.2, 0.25) is 0 Å². The number of anilines is 1. The average Bonchev–Trinajstić information content (AvgIpc) is 2.76. The molecular formula is C13H15IN2. The molecule has 2 nitrogen and oxygen atoms in total. The average molecular weight is 326 g/mol. The van der Waals surface area contributed by atoms with Gasteiger partial charge in [0, 0.05) is 34.7 Å². The molecule has 84 valence electrons. The topological polar surface area (TPSA) is 17.0 Å². The van der Waals surface area contributed by atoms with E-state index in [1.165, 1.54) is 14.8 Å². The lowest BCUT2D eigenvalue weighted by Crippen LogP contribution is -2.00. The number of aromatic nitrogens is 1. The first kappa shape index (κ1) is 11.5. The fraction of sp³-hybridized carbons (Fsp3) is 0.231. The zero-order valence-electron chi connectivity index (χ0n) is 9.28. The van der Waals surface area contributed by atoms with E-state index >= 15 is 0 Å². The van der Waals surface area contributed by atoms with Gasteiger partial charge in [-0.25, -0.2) is 0 Å². The molecule has 0 amide bonds. The van der Waals surface area contributed by atoms with Gasteiger partial charge in [0.1, 0.15) is 0 Å². The Kier molecular flexibility index (Phi) is 3.88. The maximum absolute atomic E-state index is 3.45. The highest BCUT2D eigenvalue weighted by atomic mass is 127. The van der Waals surface area contributed by atoms with E-state index in [0.29, 0.717) is 0 Å². The van der Waals surface area contributed by atoms with Crippen molar-refractivity contribution in [2.75, 3.05) is 5.32 Å². The van der Waals surface area contributed by atoms with Crippen LogP contribution < -0.4 is 5.32 Å². The molecule has 0 fully saturated rings. The molecule has 0 saturated heterocycles. The molecule has 0 spiro atoms. The van der Waals surface area contributed by atoms with Gasteiger partial charge in [-0.1, -0.05) is 12.1 Å². The molecule has 0 saturated carbocycles. The normalized spacial score (nSPS) is 10.4. The molecule has 2 rings (SSSR count). The molecular weight excluding hydrogens is 311 g/mol. The summed E-state index contributed by atoms with van der Waals surface area (Å²) in [6.07, 6.45) is 4.30. The zero-order valence-corrected chi connectivity index (χ0v) is 11.4. The van der Waals surface area contributed by atoms with Crippen molar-refractivity contribution in [3.63, 3.8) is 0 Å². The molecule has 1 heterocycles. The van der Waals surface area contributed by atoms with Crippen LogP contribution in [-0.4, -0.2) is 4.57 Å². The number of hydrogen-bond donors (Lipinski definition) is 1. The van der Waals surface area contributed by atoms with E-state index in [1.54, 1.807) is 0 Å². The second kappa shape index (κ2) is 5.39. The highest BCUT2D eigenvalue weighted by Gasteiger charge is 1.99. The number of hydrogen-bond acceptors (Lipinski definition) is 1. The number of benzene rings is 1. The summed E-state index contributed by atoms with van der Waals surface area (Å²) >= 11 is 2.35. The number of aryl methyl sites for hydroxylation is 1. The summed E-state index contributed by atoms with van der Waals surface area (Å²) in [6.45, 7) is 4.06. The highest BCUT2D eigenvalue weighted by molar-refractivity contribution is 14.1. The van der Waals surface area contributed by atoms with Crippen LogP contribution in [0.5, 0.6) is 0 Å². The predicted octanol–water partition coefficient (Wildman–Crippen LogP) is 3.72.